The summed E-state index contributed by atoms with van der Waals surface area (Å²) in [5.74, 6) is 1.12. The van der Waals surface area contributed by atoms with E-state index < -0.39 is 5.97 Å². The van der Waals surface area contributed by atoms with Crippen LogP contribution in [-0.2, 0) is 11.4 Å². The molecule has 32 heavy (non-hydrogen) atoms. The number of methoxy groups -OCH3 is 1. The maximum atomic E-state index is 13.3. The second-order valence-electron chi connectivity index (χ2n) is 6.90. The lowest BCUT2D eigenvalue weighted by molar-refractivity contribution is -0.132. The van der Waals surface area contributed by atoms with Gasteiger partial charge >= 0.3 is 5.97 Å². The molecule has 162 valence electrons. The molecule has 0 aliphatic rings. The lowest BCUT2D eigenvalue weighted by Gasteiger charge is -2.13. The van der Waals surface area contributed by atoms with Crippen LogP contribution in [0, 0.1) is 5.82 Å². The molecular formula is C24H20FN3O4. The minimum absolute atomic E-state index is 0.266. The van der Waals surface area contributed by atoms with Crippen LogP contribution in [0.2, 0.25) is 0 Å². The van der Waals surface area contributed by atoms with E-state index in [-0.39, 0.29) is 18.2 Å². The molecule has 0 saturated carbocycles. The van der Waals surface area contributed by atoms with Gasteiger partial charge in [0.1, 0.15) is 30.3 Å². The summed E-state index contributed by atoms with van der Waals surface area (Å²) < 4.78 is 29.5. The minimum atomic E-state index is -0.456. The number of nitrogens with one attached hydrogen (secondary N) is 1. The summed E-state index contributed by atoms with van der Waals surface area (Å²) in [7, 11) is 1.49. The smallest absolute Gasteiger partial charge is 0.308 e. The molecule has 8 heteroatoms. The molecule has 0 amide bonds. The van der Waals surface area contributed by atoms with Gasteiger partial charge in [-0.15, -0.1) is 0 Å². The highest BCUT2D eigenvalue weighted by Gasteiger charge is 2.13. The molecule has 0 saturated heterocycles. The summed E-state index contributed by atoms with van der Waals surface area (Å²) >= 11 is 0. The summed E-state index contributed by atoms with van der Waals surface area (Å²) in [6.07, 6.45) is 1.44. The second-order valence-corrected chi connectivity index (χ2v) is 6.90. The molecule has 7 nitrogen and oxygen atoms in total. The molecule has 0 radical (unpaired) electrons. The van der Waals surface area contributed by atoms with E-state index in [0.717, 1.165) is 11.3 Å². The number of hydrogen-bond donors (Lipinski definition) is 1. The van der Waals surface area contributed by atoms with Crippen LogP contribution in [0.25, 0.3) is 10.9 Å². The van der Waals surface area contributed by atoms with Crippen molar-refractivity contribution in [3.63, 3.8) is 0 Å². The van der Waals surface area contributed by atoms with Gasteiger partial charge in [0.05, 0.1) is 12.6 Å². The lowest BCUT2D eigenvalue weighted by Crippen LogP contribution is -2.04. The molecule has 1 N–H and O–H groups in total. The van der Waals surface area contributed by atoms with E-state index in [2.05, 4.69) is 15.3 Å². The Balaban J connectivity index is 1.53. The number of aromatic nitrogens is 2. The number of ether oxygens (including phenoxy) is 3. The molecular weight excluding hydrogens is 413 g/mol. The Morgan fingerprint density at radius 1 is 1.03 bits per heavy atom. The van der Waals surface area contributed by atoms with Crippen LogP contribution >= 0.6 is 0 Å². The topological polar surface area (TPSA) is 82.6 Å². The highest BCUT2D eigenvalue weighted by molar-refractivity contribution is 5.93. The largest absolute Gasteiger partial charge is 0.493 e. The third-order valence-electron chi connectivity index (χ3n) is 4.59. The van der Waals surface area contributed by atoms with Crippen molar-refractivity contribution in [1.82, 2.24) is 9.97 Å². The number of esters is 1. The standard InChI is InChI=1S/C24H20FN3O4/c1-15(29)32-23-11-20-21(12-22(23)30-2)26-14-27-24(20)28-18-6-8-19(9-7-18)31-13-16-4-3-5-17(25)10-16/h3-12,14H,13H2,1-2H3,(H,26,27,28). The first-order valence-corrected chi connectivity index (χ1v) is 9.77. The van der Waals surface area contributed by atoms with Crippen molar-refractivity contribution in [3.8, 4) is 17.2 Å². The molecule has 0 fully saturated rings. The molecule has 1 heterocycles. The Kier molecular flexibility index (Phi) is 6.12. The number of carbonyl (C=O) groups is 1. The average Bonchev–Trinajstić information content (AvgIpc) is 2.78. The van der Waals surface area contributed by atoms with Crippen LogP contribution in [0.4, 0.5) is 15.9 Å². The Morgan fingerprint density at radius 3 is 2.56 bits per heavy atom. The molecule has 0 bridgehead atoms. The highest BCUT2D eigenvalue weighted by Crippen LogP contribution is 2.35. The van der Waals surface area contributed by atoms with E-state index in [1.54, 1.807) is 36.4 Å². The molecule has 3 aromatic carbocycles. The van der Waals surface area contributed by atoms with Crippen molar-refractivity contribution >= 4 is 28.4 Å². The zero-order valence-corrected chi connectivity index (χ0v) is 17.5. The summed E-state index contributed by atoms with van der Waals surface area (Å²) in [5, 5.41) is 3.90. The van der Waals surface area contributed by atoms with E-state index in [1.165, 1.54) is 32.5 Å². The second kappa shape index (κ2) is 9.30. The molecule has 4 rings (SSSR count). The zero-order chi connectivity index (χ0) is 22.5. The normalized spacial score (nSPS) is 10.6. The third kappa shape index (κ3) is 4.92. The Morgan fingerprint density at radius 2 is 1.84 bits per heavy atom. The Bertz CT molecular complexity index is 1260. The van der Waals surface area contributed by atoms with Crippen molar-refractivity contribution in [2.24, 2.45) is 0 Å². The van der Waals surface area contributed by atoms with Crippen molar-refractivity contribution in [3.05, 3.63) is 78.4 Å². The van der Waals surface area contributed by atoms with Crippen LogP contribution in [0.5, 0.6) is 17.2 Å². The van der Waals surface area contributed by atoms with Crippen LogP contribution in [-0.4, -0.2) is 23.0 Å². The van der Waals surface area contributed by atoms with Gasteiger partial charge in [-0.1, -0.05) is 12.1 Å². The number of hydrogen-bond acceptors (Lipinski definition) is 7. The molecule has 0 aliphatic heterocycles. The predicted molar refractivity (Wildman–Crippen MR) is 118 cm³/mol. The summed E-state index contributed by atoms with van der Waals surface area (Å²) in [6.45, 7) is 1.59. The first kappa shape index (κ1) is 21.0. The quantitative estimate of drug-likeness (QED) is 0.323. The monoisotopic (exact) mass is 433 g/mol. The first-order chi connectivity index (χ1) is 15.5. The van der Waals surface area contributed by atoms with E-state index in [9.17, 15) is 9.18 Å². The Hall–Kier alpha value is -4.20. The minimum Gasteiger partial charge on any atom is -0.493 e. The van der Waals surface area contributed by atoms with Crippen LogP contribution in [0.1, 0.15) is 12.5 Å². The Labute approximate surface area is 183 Å². The van der Waals surface area contributed by atoms with Gasteiger partial charge < -0.3 is 19.5 Å². The molecule has 1 aromatic heterocycles. The van der Waals surface area contributed by atoms with E-state index >= 15 is 0 Å². The first-order valence-electron chi connectivity index (χ1n) is 9.77. The van der Waals surface area contributed by atoms with Gasteiger partial charge in [0.2, 0.25) is 0 Å². The van der Waals surface area contributed by atoms with E-state index in [0.29, 0.717) is 28.2 Å². The number of anilines is 2. The average molecular weight is 433 g/mol. The predicted octanol–water partition coefficient (Wildman–Crippen LogP) is 5.03. The van der Waals surface area contributed by atoms with E-state index in [1.807, 2.05) is 12.1 Å². The number of rotatable bonds is 7. The van der Waals surface area contributed by atoms with Crippen LogP contribution in [0.3, 0.4) is 0 Å². The van der Waals surface area contributed by atoms with Gasteiger partial charge in [0.25, 0.3) is 0 Å². The fourth-order valence-corrected chi connectivity index (χ4v) is 3.12. The zero-order valence-electron chi connectivity index (χ0n) is 17.5. The van der Waals surface area contributed by atoms with Crippen LogP contribution < -0.4 is 19.5 Å². The fourth-order valence-electron chi connectivity index (χ4n) is 3.12. The molecule has 0 spiro atoms. The maximum Gasteiger partial charge on any atom is 0.308 e. The number of carbonyl (C=O) groups excluding carboxylic acids is 1. The maximum absolute atomic E-state index is 13.3. The van der Waals surface area contributed by atoms with Crippen molar-refractivity contribution in [2.75, 3.05) is 12.4 Å². The fraction of sp³-hybridized carbons (Fsp3) is 0.125. The number of benzene rings is 3. The van der Waals surface area contributed by atoms with Gasteiger partial charge in [0.15, 0.2) is 11.5 Å². The van der Waals surface area contributed by atoms with Gasteiger partial charge in [-0.25, -0.2) is 14.4 Å². The number of halogens is 1. The third-order valence-corrected chi connectivity index (χ3v) is 4.59. The van der Waals surface area contributed by atoms with Crippen molar-refractivity contribution in [2.45, 2.75) is 13.5 Å². The molecule has 0 aliphatic carbocycles. The summed E-state index contributed by atoms with van der Waals surface area (Å²) in [4.78, 5) is 20.0. The van der Waals surface area contributed by atoms with Crippen molar-refractivity contribution in [1.29, 1.82) is 0 Å². The molecule has 4 aromatic rings. The number of fused-ring (bicyclic) bond motifs is 1. The molecule has 0 atom stereocenters. The van der Waals surface area contributed by atoms with Gasteiger partial charge in [0, 0.05) is 24.1 Å². The van der Waals surface area contributed by atoms with Crippen molar-refractivity contribution < 1.29 is 23.4 Å². The highest BCUT2D eigenvalue weighted by atomic mass is 19.1. The molecule has 0 unspecified atom stereocenters. The van der Waals surface area contributed by atoms with Gasteiger partial charge in [-0.2, -0.15) is 0 Å². The van der Waals surface area contributed by atoms with Gasteiger partial charge in [-0.3, -0.25) is 4.79 Å². The lowest BCUT2D eigenvalue weighted by atomic mass is 10.2. The summed E-state index contributed by atoms with van der Waals surface area (Å²) in [6, 6.07) is 16.9. The number of nitrogens with zero attached hydrogens (tertiary/aromatic N) is 2. The van der Waals surface area contributed by atoms with Crippen LogP contribution in [0.15, 0.2) is 67.0 Å². The SMILES string of the molecule is COc1cc2ncnc(Nc3ccc(OCc4cccc(F)c4)cc3)c2cc1OC(C)=O. The summed E-state index contributed by atoms with van der Waals surface area (Å²) in [5.41, 5.74) is 2.15. The van der Waals surface area contributed by atoms with E-state index in [4.69, 9.17) is 14.2 Å². The van der Waals surface area contributed by atoms with Gasteiger partial charge in [-0.05, 0) is 48.0 Å².